The second kappa shape index (κ2) is 6.22. The predicted octanol–water partition coefficient (Wildman–Crippen LogP) is 1.37. The third-order valence-electron chi connectivity index (χ3n) is 3.91. The van der Waals surface area contributed by atoms with Crippen molar-refractivity contribution in [3.8, 4) is 0 Å². The predicted molar refractivity (Wildman–Crippen MR) is 75.7 cm³/mol. The zero-order chi connectivity index (χ0) is 15.6. The highest BCUT2D eigenvalue weighted by molar-refractivity contribution is 5.94. The Labute approximate surface area is 123 Å². The Morgan fingerprint density at radius 1 is 1.24 bits per heavy atom. The summed E-state index contributed by atoms with van der Waals surface area (Å²) in [6, 6.07) is 3.78. The molecule has 0 aromatic heterocycles. The Hall–Kier alpha value is -1.95. The average molecular weight is 294 g/mol. The number of amides is 1. The van der Waals surface area contributed by atoms with Gasteiger partial charge in [-0.3, -0.25) is 14.5 Å². The summed E-state index contributed by atoms with van der Waals surface area (Å²) in [4.78, 5) is 26.8. The zero-order valence-electron chi connectivity index (χ0n) is 12.2. The van der Waals surface area contributed by atoms with E-state index in [1.165, 1.54) is 12.1 Å². The van der Waals surface area contributed by atoms with Crippen molar-refractivity contribution in [1.82, 2.24) is 9.80 Å². The molecule has 0 bridgehead atoms. The third kappa shape index (κ3) is 3.39. The lowest BCUT2D eigenvalue weighted by atomic mass is 10.1. The number of piperazine rings is 1. The van der Waals surface area contributed by atoms with Gasteiger partial charge in [0.05, 0.1) is 0 Å². The maximum atomic E-state index is 13.2. The molecule has 1 aliphatic heterocycles. The molecule has 0 aliphatic carbocycles. The number of carbonyl (C=O) groups is 2. The first kappa shape index (κ1) is 15.4. The normalized spacial score (nSPS) is 17.6. The number of carboxylic acids is 1. The fourth-order valence-electron chi connectivity index (χ4n) is 2.43. The van der Waals surface area contributed by atoms with Gasteiger partial charge in [0, 0.05) is 31.7 Å². The first-order valence-electron chi connectivity index (χ1n) is 6.92. The van der Waals surface area contributed by atoms with Crippen LogP contribution in [-0.4, -0.2) is 59.0 Å². The Kier molecular flexibility index (Phi) is 4.57. The highest BCUT2D eigenvalue weighted by Gasteiger charge is 2.27. The van der Waals surface area contributed by atoms with E-state index >= 15 is 0 Å². The van der Waals surface area contributed by atoms with Gasteiger partial charge in [-0.05, 0) is 37.6 Å². The van der Waals surface area contributed by atoms with Crippen LogP contribution in [0.3, 0.4) is 0 Å². The summed E-state index contributed by atoms with van der Waals surface area (Å²) in [5, 5.41) is 8.99. The van der Waals surface area contributed by atoms with Gasteiger partial charge in [0.25, 0.3) is 5.91 Å². The van der Waals surface area contributed by atoms with Crippen LogP contribution in [0.25, 0.3) is 0 Å². The summed E-state index contributed by atoms with van der Waals surface area (Å²) in [5.41, 5.74) is 0.910. The summed E-state index contributed by atoms with van der Waals surface area (Å²) >= 11 is 0. The molecule has 114 valence electrons. The van der Waals surface area contributed by atoms with E-state index in [2.05, 4.69) is 0 Å². The molecule has 0 radical (unpaired) electrons. The highest BCUT2D eigenvalue weighted by Crippen LogP contribution is 2.14. The molecular weight excluding hydrogens is 275 g/mol. The van der Waals surface area contributed by atoms with Crippen LogP contribution in [0.4, 0.5) is 4.39 Å². The van der Waals surface area contributed by atoms with Crippen molar-refractivity contribution >= 4 is 11.9 Å². The van der Waals surface area contributed by atoms with E-state index in [4.69, 9.17) is 5.11 Å². The fraction of sp³-hybridized carbons (Fsp3) is 0.467. The van der Waals surface area contributed by atoms with Crippen molar-refractivity contribution in [1.29, 1.82) is 0 Å². The molecule has 5 nitrogen and oxygen atoms in total. The van der Waals surface area contributed by atoms with E-state index in [0.29, 0.717) is 37.3 Å². The second-order valence-corrected chi connectivity index (χ2v) is 5.31. The lowest BCUT2D eigenvalue weighted by Gasteiger charge is -2.36. The monoisotopic (exact) mass is 294 g/mol. The molecular formula is C15H19FN2O3. The van der Waals surface area contributed by atoms with Crippen molar-refractivity contribution < 1.29 is 19.1 Å². The number of carbonyl (C=O) groups excluding carboxylic acids is 1. The molecule has 21 heavy (non-hydrogen) atoms. The number of hydrogen-bond acceptors (Lipinski definition) is 3. The number of aryl methyl sites for hydroxylation is 1. The lowest BCUT2D eigenvalue weighted by Crippen LogP contribution is -2.53. The molecule has 1 heterocycles. The first-order chi connectivity index (χ1) is 9.90. The molecule has 2 rings (SSSR count). The molecule has 1 aromatic carbocycles. The summed E-state index contributed by atoms with van der Waals surface area (Å²) in [7, 11) is 0. The van der Waals surface area contributed by atoms with E-state index in [9.17, 15) is 14.0 Å². The van der Waals surface area contributed by atoms with Crippen LogP contribution in [0, 0.1) is 12.7 Å². The average Bonchev–Trinajstić information content (AvgIpc) is 2.48. The molecule has 6 heteroatoms. The van der Waals surface area contributed by atoms with Gasteiger partial charge in [0.2, 0.25) is 0 Å². The van der Waals surface area contributed by atoms with Crippen LogP contribution in [0.1, 0.15) is 22.8 Å². The number of rotatable bonds is 3. The maximum Gasteiger partial charge on any atom is 0.320 e. The quantitative estimate of drug-likeness (QED) is 0.914. The van der Waals surface area contributed by atoms with Crippen LogP contribution in [-0.2, 0) is 4.79 Å². The molecule has 1 aliphatic rings. The third-order valence-corrected chi connectivity index (χ3v) is 3.91. The molecule has 1 amide bonds. The summed E-state index contributed by atoms with van der Waals surface area (Å²) in [6.07, 6.45) is 0. The Bertz CT molecular complexity index is 554. The van der Waals surface area contributed by atoms with Gasteiger partial charge >= 0.3 is 5.97 Å². The van der Waals surface area contributed by atoms with Crippen molar-refractivity contribution in [2.45, 2.75) is 19.9 Å². The topological polar surface area (TPSA) is 60.9 Å². The maximum absolute atomic E-state index is 13.2. The van der Waals surface area contributed by atoms with E-state index < -0.39 is 12.0 Å². The summed E-state index contributed by atoms with van der Waals surface area (Å²) < 4.78 is 13.2. The minimum atomic E-state index is -0.857. The fourth-order valence-corrected chi connectivity index (χ4v) is 2.43. The summed E-state index contributed by atoms with van der Waals surface area (Å²) in [6.45, 7) is 5.28. The number of hydrogen-bond donors (Lipinski definition) is 1. The van der Waals surface area contributed by atoms with Crippen molar-refractivity contribution in [3.63, 3.8) is 0 Å². The Morgan fingerprint density at radius 3 is 2.38 bits per heavy atom. The minimum Gasteiger partial charge on any atom is -0.480 e. The van der Waals surface area contributed by atoms with E-state index in [1.54, 1.807) is 24.8 Å². The lowest BCUT2D eigenvalue weighted by molar-refractivity contribution is -0.143. The van der Waals surface area contributed by atoms with Crippen LogP contribution in [0.15, 0.2) is 18.2 Å². The summed E-state index contributed by atoms with van der Waals surface area (Å²) in [5.74, 6) is -1.32. The van der Waals surface area contributed by atoms with Crippen LogP contribution >= 0.6 is 0 Å². The number of benzene rings is 1. The molecule has 1 aromatic rings. The van der Waals surface area contributed by atoms with E-state index in [1.807, 2.05) is 4.90 Å². The number of halogens is 1. The number of aliphatic carboxylic acids is 1. The van der Waals surface area contributed by atoms with Gasteiger partial charge in [0.1, 0.15) is 11.9 Å². The van der Waals surface area contributed by atoms with Crippen molar-refractivity contribution in [3.05, 3.63) is 35.1 Å². The standard InChI is InChI=1S/C15H19FN2O3/c1-10-9-12(3-4-13(10)16)14(19)18-7-5-17(6-8-18)11(2)15(20)21/h3-4,9,11H,5-8H2,1-2H3,(H,20,21). The highest BCUT2D eigenvalue weighted by atomic mass is 19.1. The van der Waals surface area contributed by atoms with Crippen LogP contribution < -0.4 is 0 Å². The number of carboxylic acid groups (broad SMARTS) is 1. The van der Waals surface area contributed by atoms with Gasteiger partial charge in [-0.1, -0.05) is 0 Å². The SMILES string of the molecule is Cc1cc(C(=O)N2CCN(C(C)C(=O)O)CC2)ccc1F. The van der Waals surface area contributed by atoms with Crippen LogP contribution in [0.2, 0.25) is 0 Å². The first-order valence-corrected chi connectivity index (χ1v) is 6.92. The molecule has 0 spiro atoms. The molecule has 0 saturated carbocycles. The Morgan fingerprint density at radius 2 is 1.86 bits per heavy atom. The van der Waals surface area contributed by atoms with Gasteiger partial charge < -0.3 is 10.0 Å². The van der Waals surface area contributed by atoms with E-state index in [-0.39, 0.29) is 11.7 Å². The van der Waals surface area contributed by atoms with Crippen molar-refractivity contribution in [2.24, 2.45) is 0 Å². The molecule has 1 atom stereocenters. The van der Waals surface area contributed by atoms with Crippen molar-refractivity contribution in [2.75, 3.05) is 26.2 Å². The molecule has 1 unspecified atom stereocenters. The smallest absolute Gasteiger partial charge is 0.320 e. The molecule has 1 N–H and O–H groups in total. The minimum absolute atomic E-state index is 0.138. The largest absolute Gasteiger partial charge is 0.480 e. The van der Waals surface area contributed by atoms with Crippen LogP contribution in [0.5, 0.6) is 0 Å². The number of nitrogens with zero attached hydrogens (tertiary/aromatic N) is 2. The van der Waals surface area contributed by atoms with Gasteiger partial charge in [-0.25, -0.2) is 4.39 Å². The second-order valence-electron chi connectivity index (χ2n) is 5.31. The van der Waals surface area contributed by atoms with Gasteiger partial charge in [-0.15, -0.1) is 0 Å². The molecule has 1 fully saturated rings. The Balaban J connectivity index is 2.00. The van der Waals surface area contributed by atoms with Gasteiger partial charge in [0.15, 0.2) is 0 Å². The molecule has 1 saturated heterocycles. The van der Waals surface area contributed by atoms with Gasteiger partial charge in [-0.2, -0.15) is 0 Å². The van der Waals surface area contributed by atoms with E-state index in [0.717, 1.165) is 0 Å². The zero-order valence-corrected chi connectivity index (χ0v) is 12.2.